The number of hydrogen-bond acceptors (Lipinski definition) is 5. The van der Waals surface area contributed by atoms with Crippen LogP contribution in [0, 0.1) is 5.82 Å². The Labute approximate surface area is 238 Å². The summed E-state index contributed by atoms with van der Waals surface area (Å²) in [6.07, 6.45) is 11.9. The van der Waals surface area contributed by atoms with Crippen LogP contribution in [0.5, 0.6) is 5.75 Å². The van der Waals surface area contributed by atoms with Gasteiger partial charge in [0.15, 0.2) is 0 Å². The van der Waals surface area contributed by atoms with Crippen LogP contribution in [0.3, 0.4) is 0 Å². The summed E-state index contributed by atoms with van der Waals surface area (Å²) in [5.41, 5.74) is 3.64. The van der Waals surface area contributed by atoms with E-state index in [0.717, 1.165) is 56.5 Å². The molecule has 2 aliphatic heterocycles. The highest BCUT2D eigenvalue weighted by Crippen LogP contribution is 2.34. The van der Waals surface area contributed by atoms with Crippen molar-refractivity contribution in [3.63, 3.8) is 0 Å². The first-order chi connectivity index (χ1) is 19.1. The van der Waals surface area contributed by atoms with Gasteiger partial charge in [-0.05, 0) is 68.5 Å². The molecule has 3 rings (SSSR count). The van der Waals surface area contributed by atoms with E-state index in [9.17, 15) is 9.59 Å². The third-order valence-corrected chi connectivity index (χ3v) is 7.64. The molecule has 0 aromatic heterocycles. The lowest BCUT2D eigenvalue weighted by molar-refractivity contribution is -0.136. The highest BCUT2D eigenvalue weighted by atomic mass is 19.1. The Balaban J connectivity index is 1.88. The third kappa shape index (κ3) is 7.12. The topological polar surface area (TPSA) is 59.1 Å². The number of carbonyl (C=O) groups excluding carboxylic acids is 2. The summed E-state index contributed by atoms with van der Waals surface area (Å²) >= 11 is 0. The number of likely N-dealkylation sites (tertiary alicyclic amines) is 1. The van der Waals surface area contributed by atoms with Crippen molar-refractivity contribution in [1.82, 2.24) is 9.80 Å². The van der Waals surface area contributed by atoms with Gasteiger partial charge < -0.3 is 19.3 Å². The number of rotatable bonds is 10. The van der Waals surface area contributed by atoms with Crippen LogP contribution in [0.15, 0.2) is 60.0 Å². The Hall–Kier alpha value is -3.61. The summed E-state index contributed by atoms with van der Waals surface area (Å²) < 4.78 is 26.0. The van der Waals surface area contributed by atoms with Crippen LogP contribution in [0.1, 0.15) is 76.8 Å². The quantitative estimate of drug-likeness (QED) is 0.178. The number of carbonyl (C=O) groups is 2. The average molecular weight is 551 g/mol. The van der Waals surface area contributed by atoms with Crippen molar-refractivity contribution in [3.05, 3.63) is 76.9 Å². The lowest BCUT2D eigenvalue weighted by atomic mass is 9.98. The average Bonchev–Trinajstić information content (AvgIpc) is 3.18. The fourth-order valence-electron chi connectivity index (χ4n) is 5.22. The number of fused-ring (bicyclic) bond motifs is 1. The summed E-state index contributed by atoms with van der Waals surface area (Å²) in [7, 11) is 3.24. The van der Waals surface area contributed by atoms with E-state index in [0.29, 0.717) is 28.9 Å². The van der Waals surface area contributed by atoms with E-state index in [1.54, 1.807) is 12.1 Å². The molecule has 0 radical (unpaired) electrons. The molecule has 2 aliphatic rings. The number of amides is 1. The van der Waals surface area contributed by atoms with E-state index < -0.39 is 11.8 Å². The zero-order valence-corrected chi connectivity index (χ0v) is 24.6. The van der Waals surface area contributed by atoms with Gasteiger partial charge in [0.1, 0.15) is 18.2 Å². The highest BCUT2D eigenvalue weighted by Gasteiger charge is 2.25. The molecule has 0 saturated carbocycles. The molecule has 7 heteroatoms. The first kappa shape index (κ1) is 30.9. The second-order valence-corrected chi connectivity index (χ2v) is 10.5. The monoisotopic (exact) mass is 550 g/mol. The van der Waals surface area contributed by atoms with Crippen molar-refractivity contribution in [1.29, 1.82) is 0 Å². The van der Waals surface area contributed by atoms with Gasteiger partial charge in [-0.2, -0.15) is 0 Å². The zero-order chi connectivity index (χ0) is 29.4. The van der Waals surface area contributed by atoms with Crippen LogP contribution in [0.2, 0.25) is 0 Å². The van der Waals surface area contributed by atoms with Crippen molar-refractivity contribution < 1.29 is 23.5 Å². The molecular formula is C33H43FN2O4. The molecule has 6 nitrogen and oxygen atoms in total. The Morgan fingerprint density at radius 3 is 2.60 bits per heavy atom. The number of nitrogens with zero attached hydrogens (tertiary/aromatic N) is 2. The fraction of sp³-hybridized carbons (Fsp3) is 0.455. The summed E-state index contributed by atoms with van der Waals surface area (Å²) in [4.78, 5) is 29.3. The molecule has 0 N–H and O–H groups in total. The SMILES string of the molecule is C=C(/C=C(/CC)N(C)/C(=C\C(=C)c1ccc2c(c1F)C=C(C(=O)OC)CO2)CCC)C(=O)N1CCCCCC1C. The van der Waals surface area contributed by atoms with Gasteiger partial charge in [0.2, 0.25) is 0 Å². The standard InChI is InChI=1S/C33H43FN2O4/c1-8-13-27(35(6)26(9-2)19-23(4)32(37)36-17-12-10-11-14-24(36)5)18-22(3)28-15-16-30-29(31(28)34)20-25(21-40-30)33(38)39-7/h15-16,18-20,24H,3-4,8-14,17,21H2,1-2,5-7H3/b26-19-,27-18-. The van der Waals surface area contributed by atoms with E-state index in [1.807, 2.05) is 35.9 Å². The maximum absolute atomic E-state index is 15.7. The Kier molecular flexibility index (Phi) is 10.9. The third-order valence-electron chi connectivity index (χ3n) is 7.64. The Bertz CT molecular complexity index is 1240. The predicted octanol–water partition coefficient (Wildman–Crippen LogP) is 7.04. The van der Waals surface area contributed by atoms with Crippen LogP contribution in [0.25, 0.3) is 11.6 Å². The van der Waals surface area contributed by atoms with Crippen LogP contribution in [-0.2, 0) is 14.3 Å². The Morgan fingerprint density at radius 1 is 1.18 bits per heavy atom. The van der Waals surface area contributed by atoms with Crippen LogP contribution < -0.4 is 4.74 Å². The van der Waals surface area contributed by atoms with Crippen LogP contribution in [-0.4, -0.2) is 55.0 Å². The summed E-state index contributed by atoms with van der Waals surface area (Å²) in [5.74, 6) is -0.702. The zero-order valence-electron chi connectivity index (χ0n) is 24.6. The fourth-order valence-corrected chi connectivity index (χ4v) is 5.22. The normalized spacial score (nSPS) is 17.7. The van der Waals surface area contributed by atoms with Gasteiger partial charge in [-0.1, -0.05) is 46.3 Å². The second kappa shape index (κ2) is 14.1. The molecule has 2 heterocycles. The van der Waals surface area contributed by atoms with Crippen LogP contribution in [0.4, 0.5) is 4.39 Å². The molecule has 1 amide bonds. The smallest absolute Gasteiger partial charge is 0.337 e. The van der Waals surface area contributed by atoms with Gasteiger partial charge in [0.25, 0.3) is 5.91 Å². The van der Waals surface area contributed by atoms with Crippen molar-refractivity contribution in [2.24, 2.45) is 0 Å². The minimum atomic E-state index is -0.551. The van der Waals surface area contributed by atoms with E-state index >= 15 is 4.39 Å². The minimum Gasteiger partial charge on any atom is -0.488 e. The lowest BCUT2D eigenvalue weighted by Gasteiger charge is -2.29. The molecule has 0 bridgehead atoms. The number of halogens is 1. The maximum atomic E-state index is 15.7. The Morgan fingerprint density at radius 2 is 1.93 bits per heavy atom. The minimum absolute atomic E-state index is 0.0168. The van der Waals surface area contributed by atoms with Crippen LogP contribution >= 0.6 is 0 Å². The molecule has 0 aliphatic carbocycles. The molecule has 1 aromatic rings. The first-order valence-corrected chi connectivity index (χ1v) is 14.2. The number of allylic oxidation sites excluding steroid dienone is 4. The van der Waals surface area contributed by atoms with Crippen molar-refractivity contribution in [2.45, 2.75) is 71.8 Å². The molecule has 1 unspecified atom stereocenters. The van der Waals surface area contributed by atoms with Gasteiger partial charge in [-0.25, -0.2) is 9.18 Å². The molecule has 40 heavy (non-hydrogen) atoms. The number of benzene rings is 1. The van der Waals surface area contributed by atoms with Gasteiger partial charge >= 0.3 is 5.97 Å². The van der Waals surface area contributed by atoms with Gasteiger partial charge in [0, 0.05) is 42.2 Å². The van der Waals surface area contributed by atoms with Crippen molar-refractivity contribution in [2.75, 3.05) is 27.3 Å². The molecular weight excluding hydrogens is 507 g/mol. The highest BCUT2D eigenvalue weighted by molar-refractivity contribution is 5.96. The number of ether oxygens (including phenoxy) is 2. The summed E-state index contributed by atoms with van der Waals surface area (Å²) in [6, 6.07) is 3.54. The first-order valence-electron chi connectivity index (χ1n) is 14.2. The lowest BCUT2D eigenvalue weighted by Crippen LogP contribution is -2.38. The maximum Gasteiger partial charge on any atom is 0.337 e. The molecule has 1 saturated heterocycles. The number of methoxy groups -OCH3 is 1. The summed E-state index contributed by atoms with van der Waals surface area (Å²) in [5, 5.41) is 0. The molecule has 1 aromatic carbocycles. The van der Waals surface area contributed by atoms with E-state index in [-0.39, 0.29) is 29.7 Å². The van der Waals surface area contributed by atoms with Crippen molar-refractivity contribution in [3.8, 4) is 5.75 Å². The van der Waals surface area contributed by atoms with Gasteiger partial charge in [0.05, 0.1) is 18.2 Å². The van der Waals surface area contributed by atoms with Gasteiger partial charge in [-0.3, -0.25) is 4.79 Å². The van der Waals surface area contributed by atoms with E-state index in [4.69, 9.17) is 9.47 Å². The number of hydrogen-bond donors (Lipinski definition) is 0. The van der Waals surface area contributed by atoms with E-state index in [1.165, 1.54) is 13.2 Å². The molecule has 0 spiro atoms. The van der Waals surface area contributed by atoms with Crippen molar-refractivity contribution >= 4 is 23.5 Å². The summed E-state index contributed by atoms with van der Waals surface area (Å²) in [6.45, 7) is 15.3. The molecule has 1 fully saturated rings. The second-order valence-electron chi connectivity index (χ2n) is 10.5. The van der Waals surface area contributed by atoms with Gasteiger partial charge in [-0.15, -0.1) is 0 Å². The van der Waals surface area contributed by atoms with E-state index in [2.05, 4.69) is 27.0 Å². The number of esters is 1. The molecule has 1 atom stereocenters. The predicted molar refractivity (Wildman–Crippen MR) is 159 cm³/mol. The largest absolute Gasteiger partial charge is 0.488 e. The molecule has 216 valence electrons.